The predicted octanol–water partition coefficient (Wildman–Crippen LogP) is 3.93. The van der Waals surface area contributed by atoms with Crippen LogP contribution in [-0.4, -0.2) is 46.4 Å². The number of carbonyl (C=O) groups is 1. The fourth-order valence-electron chi connectivity index (χ4n) is 2.57. The standard InChI is InChI=1S/C16H19FN4OS2.ClH/c17-13-7-3-2-6-12(13)14(22)18-15-19-20-16(24-15)23-11-10-21-8-4-1-5-9-21;/h2-3,6-7H,1,4-5,8-11H2,(H,18,19,22);1H. The molecule has 9 heteroatoms. The zero-order valence-electron chi connectivity index (χ0n) is 13.6. The first-order valence-corrected chi connectivity index (χ1v) is 9.77. The highest BCUT2D eigenvalue weighted by Gasteiger charge is 2.14. The van der Waals surface area contributed by atoms with Gasteiger partial charge in [-0.3, -0.25) is 10.1 Å². The van der Waals surface area contributed by atoms with Crippen LogP contribution < -0.4 is 5.32 Å². The maximum absolute atomic E-state index is 13.6. The van der Waals surface area contributed by atoms with E-state index >= 15 is 0 Å². The van der Waals surface area contributed by atoms with E-state index in [0.717, 1.165) is 16.6 Å². The number of halogens is 2. The Balaban J connectivity index is 0.00000225. The second kappa shape index (κ2) is 10.1. The first-order valence-electron chi connectivity index (χ1n) is 7.97. The molecule has 0 unspecified atom stereocenters. The van der Waals surface area contributed by atoms with Gasteiger partial charge >= 0.3 is 0 Å². The Morgan fingerprint density at radius 2 is 2.00 bits per heavy atom. The highest BCUT2D eigenvalue weighted by atomic mass is 35.5. The van der Waals surface area contributed by atoms with Gasteiger partial charge in [-0.25, -0.2) is 4.39 Å². The number of carbonyl (C=O) groups excluding carboxylic acids is 1. The summed E-state index contributed by atoms with van der Waals surface area (Å²) in [4.78, 5) is 14.5. The molecule has 1 aromatic heterocycles. The Kier molecular flexibility index (Phi) is 8.08. The largest absolute Gasteiger partial charge is 0.303 e. The predicted molar refractivity (Wildman–Crippen MR) is 103 cm³/mol. The molecule has 5 nitrogen and oxygen atoms in total. The van der Waals surface area contributed by atoms with Crippen molar-refractivity contribution in [3.63, 3.8) is 0 Å². The second-order valence-electron chi connectivity index (χ2n) is 5.56. The molecule has 1 aliphatic heterocycles. The molecule has 1 amide bonds. The Morgan fingerprint density at radius 1 is 1.24 bits per heavy atom. The van der Waals surface area contributed by atoms with Crippen molar-refractivity contribution in [3.8, 4) is 0 Å². The van der Waals surface area contributed by atoms with E-state index < -0.39 is 11.7 Å². The van der Waals surface area contributed by atoms with Crippen LogP contribution in [0.3, 0.4) is 0 Å². The number of rotatable bonds is 6. The van der Waals surface area contributed by atoms with Crippen LogP contribution in [0.15, 0.2) is 28.6 Å². The summed E-state index contributed by atoms with van der Waals surface area (Å²) >= 11 is 2.95. The minimum absolute atomic E-state index is 0. The van der Waals surface area contributed by atoms with Crippen molar-refractivity contribution in [1.82, 2.24) is 15.1 Å². The molecule has 2 heterocycles. The SMILES string of the molecule is Cl.O=C(Nc1nnc(SCCN2CCCCC2)s1)c1ccccc1F. The molecular weight excluding hydrogens is 383 g/mol. The molecule has 1 fully saturated rings. The summed E-state index contributed by atoms with van der Waals surface area (Å²) in [7, 11) is 0. The molecule has 136 valence electrons. The quantitative estimate of drug-likeness (QED) is 0.586. The minimum atomic E-state index is -0.546. The van der Waals surface area contributed by atoms with Crippen LogP contribution in [0.5, 0.6) is 0 Å². The number of benzene rings is 1. The van der Waals surface area contributed by atoms with Crippen LogP contribution in [-0.2, 0) is 0 Å². The summed E-state index contributed by atoms with van der Waals surface area (Å²) in [5.74, 6) is -0.0969. The van der Waals surface area contributed by atoms with Gasteiger partial charge in [0.2, 0.25) is 5.13 Å². The van der Waals surface area contributed by atoms with Crippen LogP contribution in [0, 0.1) is 5.82 Å². The van der Waals surface area contributed by atoms with Gasteiger partial charge in [-0.15, -0.1) is 22.6 Å². The number of piperidine rings is 1. The molecule has 1 saturated heterocycles. The van der Waals surface area contributed by atoms with Gasteiger partial charge < -0.3 is 4.90 Å². The summed E-state index contributed by atoms with van der Waals surface area (Å²) in [6.45, 7) is 3.41. The molecule has 0 aliphatic carbocycles. The van der Waals surface area contributed by atoms with Crippen molar-refractivity contribution < 1.29 is 9.18 Å². The van der Waals surface area contributed by atoms with Crippen LogP contribution in [0.1, 0.15) is 29.6 Å². The number of nitrogens with one attached hydrogen (secondary N) is 1. The number of aromatic nitrogens is 2. The number of likely N-dealkylation sites (tertiary alicyclic amines) is 1. The first-order chi connectivity index (χ1) is 11.7. The van der Waals surface area contributed by atoms with Gasteiger partial charge in [-0.1, -0.05) is 41.7 Å². The summed E-state index contributed by atoms with van der Waals surface area (Å²) < 4.78 is 14.4. The average Bonchev–Trinajstić information content (AvgIpc) is 3.03. The van der Waals surface area contributed by atoms with Crippen molar-refractivity contribution in [2.45, 2.75) is 23.6 Å². The van der Waals surface area contributed by atoms with E-state index in [1.54, 1.807) is 23.9 Å². The van der Waals surface area contributed by atoms with E-state index in [-0.39, 0.29) is 18.0 Å². The van der Waals surface area contributed by atoms with E-state index in [1.807, 2.05) is 0 Å². The van der Waals surface area contributed by atoms with Crippen LogP contribution in [0.25, 0.3) is 0 Å². The Hall–Kier alpha value is -1.22. The summed E-state index contributed by atoms with van der Waals surface area (Å²) in [5, 5.41) is 11.0. The third-order valence-electron chi connectivity index (χ3n) is 3.83. The van der Waals surface area contributed by atoms with Crippen LogP contribution in [0.2, 0.25) is 0 Å². The molecule has 25 heavy (non-hydrogen) atoms. The lowest BCUT2D eigenvalue weighted by molar-refractivity contribution is 0.102. The van der Waals surface area contributed by atoms with Crippen molar-refractivity contribution >= 4 is 46.5 Å². The fourth-order valence-corrected chi connectivity index (χ4v) is 4.39. The first kappa shape index (κ1) is 20.1. The highest BCUT2D eigenvalue weighted by molar-refractivity contribution is 8.01. The fraction of sp³-hybridized carbons (Fsp3) is 0.438. The van der Waals surface area contributed by atoms with Crippen LogP contribution >= 0.6 is 35.5 Å². The lowest BCUT2D eigenvalue weighted by Crippen LogP contribution is -2.31. The molecule has 2 aromatic rings. The number of anilines is 1. The molecule has 0 radical (unpaired) electrons. The van der Waals surface area contributed by atoms with E-state index in [0.29, 0.717) is 5.13 Å². The van der Waals surface area contributed by atoms with E-state index in [1.165, 1.54) is 55.8 Å². The van der Waals surface area contributed by atoms with Crippen molar-refractivity contribution in [2.24, 2.45) is 0 Å². The third-order valence-corrected chi connectivity index (χ3v) is 5.78. The number of hydrogen-bond acceptors (Lipinski definition) is 6. The topological polar surface area (TPSA) is 58.1 Å². The maximum Gasteiger partial charge on any atom is 0.260 e. The molecule has 0 bridgehead atoms. The van der Waals surface area contributed by atoms with Gasteiger partial charge in [0, 0.05) is 12.3 Å². The highest BCUT2D eigenvalue weighted by Crippen LogP contribution is 2.26. The second-order valence-corrected chi connectivity index (χ2v) is 7.88. The van der Waals surface area contributed by atoms with E-state index in [4.69, 9.17) is 0 Å². The molecule has 1 aromatic carbocycles. The number of amides is 1. The van der Waals surface area contributed by atoms with Gasteiger partial charge in [0.25, 0.3) is 5.91 Å². The summed E-state index contributed by atoms with van der Waals surface area (Å²) in [6.07, 6.45) is 3.91. The van der Waals surface area contributed by atoms with Gasteiger partial charge in [0.15, 0.2) is 4.34 Å². The Labute approximate surface area is 160 Å². The third kappa shape index (κ3) is 5.91. The molecule has 0 spiro atoms. The van der Waals surface area contributed by atoms with E-state index in [9.17, 15) is 9.18 Å². The van der Waals surface area contributed by atoms with Gasteiger partial charge in [0.1, 0.15) is 5.82 Å². The summed E-state index contributed by atoms with van der Waals surface area (Å²) in [6, 6.07) is 5.88. The smallest absolute Gasteiger partial charge is 0.260 e. The number of hydrogen-bond donors (Lipinski definition) is 1. The molecule has 0 atom stereocenters. The number of thioether (sulfide) groups is 1. The van der Waals surface area contributed by atoms with E-state index in [2.05, 4.69) is 20.4 Å². The molecule has 1 aliphatic rings. The van der Waals surface area contributed by atoms with Crippen LogP contribution in [0.4, 0.5) is 9.52 Å². The Morgan fingerprint density at radius 3 is 2.76 bits per heavy atom. The lowest BCUT2D eigenvalue weighted by atomic mass is 10.1. The van der Waals surface area contributed by atoms with Crippen molar-refractivity contribution in [2.75, 3.05) is 30.7 Å². The maximum atomic E-state index is 13.6. The van der Waals surface area contributed by atoms with Gasteiger partial charge in [-0.2, -0.15) is 0 Å². The minimum Gasteiger partial charge on any atom is -0.303 e. The lowest BCUT2D eigenvalue weighted by Gasteiger charge is -2.25. The molecule has 1 N–H and O–H groups in total. The zero-order chi connectivity index (χ0) is 16.8. The molecule has 0 saturated carbocycles. The van der Waals surface area contributed by atoms with Gasteiger partial charge in [-0.05, 0) is 38.1 Å². The molecule has 3 rings (SSSR count). The average molecular weight is 403 g/mol. The monoisotopic (exact) mass is 402 g/mol. The summed E-state index contributed by atoms with van der Waals surface area (Å²) in [5.41, 5.74) is 0.00648. The zero-order valence-corrected chi connectivity index (χ0v) is 16.1. The number of nitrogens with zero attached hydrogens (tertiary/aromatic N) is 3. The normalized spacial score (nSPS) is 14.8. The van der Waals surface area contributed by atoms with Crippen molar-refractivity contribution in [3.05, 3.63) is 35.6 Å². The van der Waals surface area contributed by atoms with Gasteiger partial charge in [0.05, 0.1) is 5.56 Å². The Bertz CT molecular complexity index is 694. The van der Waals surface area contributed by atoms with Crippen molar-refractivity contribution in [1.29, 1.82) is 0 Å². The molecular formula is C16H20ClFN4OS2.